The van der Waals surface area contributed by atoms with E-state index < -0.39 is 39.8 Å². The molecule has 0 saturated heterocycles. The average molecular weight is 246 g/mol. The molecule has 0 amide bonds. The molecule has 2 rings (SSSR count). The van der Waals surface area contributed by atoms with Crippen molar-refractivity contribution in [3.8, 4) is 11.5 Å². The van der Waals surface area contributed by atoms with Gasteiger partial charge in [-0.25, -0.2) is 0 Å². The van der Waals surface area contributed by atoms with E-state index in [1.165, 1.54) is 6.07 Å². The third-order valence-electron chi connectivity index (χ3n) is 2.13. The zero-order chi connectivity index (χ0) is 12.8. The van der Waals surface area contributed by atoms with Crippen LogP contribution in [-0.2, 0) is 6.18 Å². The number of benzene rings is 1. The predicted molar refractivity (Wildman–Crippen MR) is 50.8 cm³/mol. The second kappa shape index (κ2) is 3.41. The fraction of sp³-hybridized carbons (Fsp3) is 0.100. The van der Waals surface area contributed by atoms with Gasteiger partial charge in [-0.15, -0.1) is 0 Å². The Balaban J connectivity index is 2.95. The van der Waals surface area contributed by atoms with Crippen molar-refractivity contribution in [3.05, 3.63) is 34.2 Å². The number of aromatic hydroxyl groups is 2. The van der Waals surface area contributed by atoms with E-state index in [9.17, 15) is 23.1 Å². The first-order valence-corrected chi connectivity index (χ1v) is 4.37. The van der Waals surface area contributed by atoms with Gasteiger partial charge in [0.25, 0.3) is 5.76 Å². The zero-order valence-electron chi connectivity index (χ0n) is 8.08. The Kier molecular flexibility index (Phi) is 2.27. The van der Waals surface area contributed by atoms with Crippen molar-refractivity contribution in [2.45, 2.75) is 6.18 Å². The Morgan fingerprint density at radius 2 is 1.82 bits per heavy atom. The number of phenolic OH excluding ortho intramolecular Hbond substituents is 1. The smallest absolute Gasteiger partial charge is 0.453 e. The molecule has 0 aliphatic carbocycles. The van der Waals surface area contributed by atoms with E-state index >= 15 is 0 Å². The lowest BCUT2D eigenvalue weighted by molar-refractivity contribution is -0.154. The summed E-state index contributed by atoms with van der Waals surface area (Å²) in [6, 6.07) is 3.41. The van der Waals surface area contributed by atoms with Gasteiger partial charge in [0.2, 0.25) is 11.2 Å². The van der Waals surface area contributed by atoms with Gasteiger partial charge in [0.05, 0.1) is 0 Å². The number of fused-ring (bicyclic) bond motifs is 1. The molecular weight excluding hydrogens is 241 g/mol. The lowest BCUT2D eigenvalue weighted by Crippen LogP contribution is -2.12. The van der Waals surface area contributed by atoms with Gasteiger partial charge in [-0.2, -0.15) is 13.2 Å². The molecule has 0 unspecified atom stereocenters. The van der Waals surface area contributed by atoms with Crippen LogP contribution in [0.1, 0.15) is 5.76 Å². The molecule has 0 saturated carbocycles. The van der Waals surface area contributed by atoms with Crippen LogP contribution in [-0.4, -0.2) is 10.2 Å². The van der Waals surface area contributed by atoms with Crippen molar-refractivity contribution in [2.75, 3.05) is 0 Å². The van der Waals surface area contributed by atoms with Crippen molar-refractivity contribution in [1.29, 1.82) is 0 Å². The molecule has 0 fully saturated rings. The summed E-state index contributed by atoms with van der Waals surface area (Å²) in [5.41, 5.74) is -1.77. The van der Waals surface area contributed by atoms with Crippen molar-refractivity contribution < 1.29 is 27.8 Å². The second-order valence-electron chi connectivity index (χ2n) is 3.26. The summed E-state index contributed by atoms with van der Waals surface area (Å²) in [7, 11) is 0. The number of rotatable bonds is 0. The van der Waals surface area contributed by atoms with E-state index in [1.807, 2.05) is 0 Å². The number of halogens is 3. The zero-order valence-corrected chi connectivity index (χ0v) is 8.08. The van der Waals surface area contributed by atoms with E-state index in [-0.39, 0.29) is 0 Å². The predicted octanol–water partition coefficient (Wildman–Crippen LogP) is 2.22. The lowest BCUT2D eigenvalue weighted by Gasteiger charge is -2.08. The largest absolute Gasteiger partial charge is 0.507 e. The molecule has 0 atom stereocenters. The molecule has 4 nitrogen and oxygen atoms in total. The van der Waals surface area contributed by atoms with Crippen LogP contribution in [0.5, 0.6) is 11.5 Å². The number of alkyl halides is 3. The third-order valence-corrected chi connectivity index (χ3v) is 2.13. The summed E-state index contributed by atoms with van der Waals surface area (Å²) in [6.07, 6.45) is -4.98. The van der Waals surface area contributed by atoms with Gasteiger partial charge < -0.3 is 14.6 Å². The Hall–Kier alpha value is -2.18. The molecule has 90 valence electrons. The highest BCUT2D eigenvalue weighted by atomic mass is 19.4. The minimum atomic E-state index is -4.98. The molecule has 0 aliphatic heterocycles. The van der Waals surface area contributed by atoms with Crippen LogP contribution in [0.2, 0.25) is 0 Å². The fourth-order valence-corrected chi connectivity index (χ4v) is 1.40. The van der Waals surface area contributed by atoms with Crippen LogP contribution in [0.15, 0.2) is 27.4 Å². The van der Waals surface area contributed by atoms with E-state index in [2.05, 4.69) is 4.42 Å². The summed E-state index contributed by atoms with van der Waals surface area (Å²) in [6.45, 7) is 0. The van der Waals surface area contributed by atoms with Crippen molar-refractivity contribution >= 4 is 11.0 Å². The number of phenols is 1. The van der Waals surface area contributed by atoms with Crippen molar-refractivity contribution in [3.63, 3.8) is 0 Å². The van der Waals surface area contributed by atoms with Crippen LogP contribution < -0.4 is 5.43 Å². The number of hydrogen-bond acceptors (Lipinski definition) is 4. The molecule has 0 spiro atoms. The Labute approximate surface area is 91.5 Å². The van der Waals surface area contributed by atoms with Gasteiger partial charge in [0.1, 0.15) is 16.7 Å². The van der Waals surface area contributed by atoms with E-state index in [4.69, 9.17) is 5.11 Å². The molecule has 1 aromatic heterocycles. The van der Waals surface area contributed by atoms with Gasteiger partial charge in [-0.3, -0.25) is 4.79 Å². The molecule has 2 aromatic rings. The molecule has 17 heavy (non-hydrogen) atoms. The Morgan fingerprint density at radius 1 is 1.18 bits per heavy atom. The molecule has 0 aliphatic rings. The first-order chi connectivity index (χ1) is 7.82. The normalized spacial score (nSPS) is 11.9. The van der Waals surface area contributed by atoms with Crippen LogP contribution in [0.4, 0.5) is 13.2 Å². The summed E-state index contributed by atoms with van der Waals surface area (Å²) in [5.74, 6) is -3.90. The van der Waals surface area contributed by atoms with E-state index in [1.54, 1.807) is 0 Å². The topological polar surface area (TPSA) is 70.7 Å². The quantitative estimate of drug-likeness (QED) is 0.747. The first-order valence-electron chi connectivity index (χ1n) is 4.37. The van der Waals surface area contributed by atoms with Crippen LogP contribution in [0.3, 0.4) is 0 Å². The molecule has 2 N–H and O–H groups in total. The minimum absolute atomic E-state index is 0.444. The molecule has 0 radical (unpaired) electrons. The van der Waals surface area contributed by atoms with Gasteiger partial charge in [0.15, 0.2) is 0 Å². The summed E-state index contributed by atoms with van der Waals surface area (Å²) in [4.78, 5) is 11.4. The standard InChI is InChI=1S/C10H5F3O4/c11-10(12,13)9-8(16)7(15)6-4(14)2-1-3-5(6)17-9/h1-3,14,16H. The molecule has 1 aromatic carbocycles. The van der Waals surface area contributed by atoms with E-state index in [0.717, 1.165) is 12.1 Å². The van der Waals surface area contributed by atoms with Gasteiger partial charge in [-0.05, 0) is 12.1 Å². The van der Waals surface area contributed by atoms with Crippen LogP contribution in [0, 0.1) is 0 Å². The minimum Gasteiger partial charge on any atom is -0.507 e. The van der Waals surface area contributed by atoms with Crippen molar-refractivity contribution in [2.24, 2.45) is 0 Å². The highest BCUT2D eigenvalue weighted by Gasteiger charge is 2.39. The second-order valence-corrected chi connectivity index (χ2v) is 3.26. The summed E-state index contributed by atoms with van der Waals surface area (Å²) < 4.78 is 41.6. The Morgan fingerprint density at radius 3 is 2.41 bits per heavy atom. The highest BCUT2D eigenvalue weighted by molar-refractivity contribution is 5.84. The monoisotopic (exact) mass is 246 g/mol. The molecule has 1 heterocycles. The van der Waals surface area contributed by atoms with Gasteiger partial charge >= 0.3 is 6.18 Å². The lowest BCUT2D eigenvalue weighted by atomic mass is 10.2. The summed E-state index contributed by atoms with van der Waals surface area (Å²) >= 11 is 0. The highest BCUT2D eigenvalue weighted by Crippen LogP contribution is 2.36. The SMILES string of the molecule is O=c1c(O)c(C(F)(F)F)oc2cccc(O)c12. The van der Waals surface area contributed by atoms with Crippen LogP contribution in [0.25, 0.3) is 11.0 Å². The summed E-state index contributed by atoms with van der Waals surface area (Å²) in [5, 5.41) is 17.9. The molecule has 7 heteroatoms. The average Bonchev–Trinajstić information content (AvgIpc) is 2.21. The number of hydrogen-bond donors (Lipinski definition) is 2. The maximum atomic E-state index is 12.4. The van der Waals surface area contributed by atoms with Gasteiger partial charge in [0, 0.05) is 0 Å². The first kappa shape index (κ1) is 11.3. The van der Waals surface area contributed by atoms with E-state index in [0.29, 0.717) is 0 Å². The van der Waals surface area contributed by atoms with Crippen molar-refractivity contribution in [1.82, 2.24) is 0 Å². The van der Waals surface area contributed by atoms with Crippen LogP contribution >= 0.6 is 0 Å². The fourth-order valence-electron chi connectivity index (χ4n) is 1.40. The maximum absolute atomic E-state index is 12.4. The molecule has 0 bridgehead atoms. The molecular formula is C10H5F3O4. The Bertz CT molecular complexity index is 642. The van der Waals surface area contributed by atoms with Gasteiger partial charge in [-0.1, -0.05) is 6.07 Å². The third kappa shape index (κ3) is 1.69. The maximum Gasteiger partial charge on any atom is 0.453 e.